The van der Waals surface area contributed by atoms with Crippen LogP contribution in [0.5, 0.6) is 0 Å². The summed E-state index contributed by atoms with van der Waals surface area (Å²) in [6.45, 7) is 2.02. The zero-order valence-corrected chi connectivity index (χ0v) is 16.2. The Morgan fingerprint density at radius 2 is 1.86 bits per heavy atom. The summed E-state index contributed by atoms with van der Waals surface area (Å²) in [5.74, 6) is 0.611. The van der Waals surface area contributed by atoms with Gasteiger partial charge in [-0.3, -0.25) is 10.1 Å². The number of rotatable bonds is 5. The Labute approximate surface area is 170 Å². The van der Waals surface area contributed by atoms with Crippen LogP contribution in [0, 0.1) is 21.8 Å². The van der Waals surface area contributed by atoms with E-state index in [9.17, 15) is 10.1 Å². The van der Waals surface area contributed by atoms with Gasteiger partial charge in [-0.25, -0.2) is 5.10 Å². The van der Waals surface area contributed by atoms with Crippen LogP contribution >= 0.6 is 12.2 Å². The van der Waals surface area contributed by atoms with Crippen molar-refractivity contribution in [1.82, 2.24) is 19.4 Å². The Bertz CT molecular complexity index is 1250. The monoisotopic (exact) mass is 404 g/mol. The molecule has 0 aliphatic heterocycles. The number of aromatic nitrogens is 4. The third kappa shape index (κ3) is 3.76. The maximum atomic E-state index is 10.9. The van der Waals surface area contributed by atoms with Crippen LogP contribution in [-0.4, -0.2) is 30.6 Å². The molecular formula is C20H16N6O2S. The van der Waals surface area contributed by atoms with Crippen molar-refractivity contribution in [2.24, 2.45) is 5.10 Å². The molecule has 0 bridgehead atoms. The van der Waals surface area contributed by atoms with E-state index in [1.54, 1.807) is 23.0 Å². The van der Waals surface area contributed by atoms with Crippen LogP contribution in [0.3, 0.4) is 0 Å². The van der Waals surface area contributed by atoms with Gasteiger partial charge in [0.2, 0.25) is 4.77 Å². The summed E-state index contributed by atoms with van der Waals surface area (Å²) in [5.41, 5.74) is 3.67. The van der Waals surface area contributed by atoms with E-state index in [-0.39, 0.29) is 5.69 Å². The van der Waals surface area contributed by atoms with Gasteiger partial charge in [0.15, 0.2) is 5.82 Å². The first-order chi connectivity index (χ1) is 14.0. The number of nitrogens with zero attached hydrogens (tertiary/aromatic N) is 5. The van der Waals surface area contributed by atoms with Crippen molar-refractivity contribution >= 4 is 24.1 Å². The highest BCUT2D eigenvalue weighted by molar-refractivity contribution is 7.71. The number of H-pyrrole nitrogens is 1. The fourth-order valence-corrected chi connectivity index (χ4v) is 3.05. The van der Waals surface area contributed by atoms with Gasteiger partial charge in [0.1, 0.15) is 0 Å². The van der Waals surface area contributed by atoms with Gasteiger partial charge in [-0.05, 0) is 43.4 Å². The van der Waals surface area contributed by atoms with Gasteiger partial charge in [0, 0.05) is 29.6 Å². The van der Waals surface area contributed by atoms with E-state index in [4.69, 9.17) is 12.2 Å². The number of nitro benzene ring substituents is 1. The van der Waals surface area contributed by atoms with E-state index in [2.05, 4.69) is 15.3 Å². The Morgan fingerprint density at radius 1 is 1.14 bits per heavy atom. The maximum Gasteiger partial charge on any atom is 0.269 e. The smallest absolute Gasteiger partial charge is 0.269 e. The number of benzene rings is 2. The van der Waals surface area contributed by atoms with E-state index in [0.717, 1.165) is 22.5 Å². The Balaban J connectivity index is 1.67. The minimum Gasteiger partial charge on any atom is -0.316 e. The second kappa shape index (κ2) is 7.64. The minimum absolute atomic E-state index is 0.0450. The normalized spacial score (nSPS) is 11.2. The predicted octanol–water partition coefficient (Wildman–Crippen LogP) is 4.50. The number of aromatic amines is 1. The minimum atomic E-state index is -0.422. The van der Waals surface area contributed by atoms with Gasteiger partial charge >= 0.3 is 0 Å². The molecule has 0 aliphatic carbocycles. The average molecular weight is 404 g/mol. The zero-order valence-electron chi connectivity index (χ0n) is 15.4. The first-order valence-corrected chi connectivity index (χ1v) is 9.15. The van der Waals surface area contributed by atoms with Crippen LogP contribution in [0.2, 0.25) is 0 Å². The molecule has 4 aromatic rings. The van der Waals surface area contributed by atoms with E-state index < -0.39 is 4.92 Å². The molecule has 144 valence electrons. The molecule has 29 heavy (non-hydrogen) atoms. The number of non-ortho nitro benzene ring substituents is 1. The van der Waals surface area contributed by atoms with Gasteiger partial charge in [-0.2, -0.15) is 14.9 Å². The van der Waals surface area contributed by atoms with E-state index in [1.165, 1.54) is 12.1 Å². The van der Waals surface area contributed by atoms with Gasteiger partial charge < -0.3 is 4.57 Å². The van der Waals surface area contributed by atoms with E-state index >= 15 is 0 Å². The molecule has 0 aliphatic rings. The van der Waals surface area contributed by atoms with Gasteiger partial charge in [-0.15, -0.1) is 0 Å². The van der Waals surface area contributed by atoms with Crippen molar-refractivity contribution in [2.45, 2.75) is 6.92 Å². The predicted molar refractivity (Wildman–Crippen MR) is 113 cm³/mol. The zero-order chi connectivity index (χ0) is 20.4. The van der Waals surface area contributed by atoms with Gasteiger partial charge in [0.25, 0.3) is 5.69 Å². The maximum absolute atomic E-state index is 10.9. The lowest BCUT2D eigenvalue weighted by molar-refractivity contribution is -0.384. The largest absolute Gasteiger partial charge is 0.316 e. The highest BCUT2D eigenvalue weighted by Gasteiger charge is 2.09. The summed E-state index contributed by atoms with van der Waals surface area (Å²) in [7, 11) is 0. The lowest BCUT2D eigenvalue weighted by Crippen LogP contribution is -2.00. The van der Waals surface area contributed by atoms with Crippen LogP contribution in [0.15, 0.2) is 72.0 Å². The molecule has 0 spiro atoms. The van der Waals surface area contributed by atoms with Crippen LogP contribution < -0.4 is 0 Å². The second-order valence-corrected chi connectivity index (χ2v) is 6.74. The summed E-state index contributed by atoms with van der Waals surface area (Å²) >= 11 is 5.32. The van der Waals surface area contributed by atoms with Crippen molar-refractivity contribution in [2.75, 3.05) is 0 Å². The van der Waals surface area contributed by atoms with Crippen molar-refractivity contribution in [1.29, 1.82) is 0 Å². The molecule has 2 heterocycles. The summed E-state index contributed by atoms with van der Waals surface area (Å²) in [5, 5.41) is 22.4. The molecule has 0 saturated heterocycles. The number of hydrogen-bond donors (Lipinski definition) is 1. The molecule has 0 radical (unpaired) electrons. The average Bonchev–Trinajstić information content (AvgIpc) is 3.33. The van der Waals surface area contributed by atoms with E-state index in [1.807, 2.05) is 54.1 Å². The Hall–Kier alpha value is -3.85. The SMILES string of the molecule is Cc1ccc(-c2n[nH]c(=S)n2/N=C\c2cccn2-c2ccc([N+](=O)[O-])cc2)cc1. The fraction of sp³-hybridized carbons (Fsp3) is 0.0500. The van der Waals surface area contributed by atoms with Crippen molar-refractivity contribution in [3.05, 3.63) is 93.0 Å². The lowest BCUT2D eigenvalue weighted by Gasteiger charge is -2.06. The molecular weight excluding hydrogens is 388 g/mol. The third-order valence-electron chi connectivity index (χ3n) is 4.38. The molecule has 2 aromatic carbocycles. The van der Waals surface area contributed by atoms with Crippen LogP contribution in [0.4, 0.5) is 5.69 Å². The van der Waals surface area contributed by atoms with Gasteiger partial charge in [-0.1, -0.05) is 29.8 Å². The molecule has 4 rings (SSSR count). The summed E-state index contributed by atoms with van der Waals surface area (Å²) in [6, 6.07) is 18.0. The molecule has 0 unspecified atom stereocenters. The fourth-order valence-electron chi connectivity index (χ4n) is 2.87. The van der Waals surface area contributed by atoms with Crippen molar-refractivity contribution in [3.63, 3.8) is 0 Å². The third-order valence-corrected chi connectivity index (χ3v) is 4.65. The summed E-state index contributed by atoms with van der Waals surface area (Å²) in [6.07, 6.45) is 3.53. The quantitative estimate of drug-likeness (QED) is 0.229. The standard InChI is InChI=1S/C20H16N6O2S/c1-14-4-6-15(7-5-14)19-22-23-20(29)25(19)21-13-18-3-2-12-24(18)16-8-10-17(11-9-16)26(27)28/h2-13H,1H3,(H,23,29)/b21-13-. The Morgan fingerprint density at radius 3 is 2.55 bits per heavy atom. The number of aryl methyl sites for hydroxylation is 1. The molecule has 9 heteroatoms. The van der Waals surface area contributed by atoms with Crippen LogP contribution in [0.1, 0.15) is 11.3 Å². The van der Waals surface area contributed by atoms with Crippen molar-refractivity contribution < 1.29 is 4.92 Å². The molecule has 0 saturated carbocycles. The summed E-state index contributed by atoms with van der Waals surface area (Å²) in [4.78, 5) is 10.4. The second-order valence-electron chi connectivity index (χ2n) is 6.35. The molecule has 2 aromatic heterocycles. The van der Waals surface area contributed by atoms with Crippen LogP contribution in [0.25, 0.3) is 17.1 Å². The number of nitro groups is 1. The van der Waals surface area contributed by atoms with Gasteiger partial charge in [0.05, 0.1) is 16.8 Å². The highest BCUT2D eigenvalue weighted by Crippen LogP contribution is 2.19. The highest BCUT2D eigenvalue weighted by atomic mass is 32.1. The molecule has 8 nitrogen and oxygen atoms in total. The van der Waals surface area contributed by atoms with E-state index in [0.29, 0.717) is 10.6 Å². The Kier molecular flexibility index (Phi) is 4.88. The summed E-state index contributed by atoms with van der Waals surface area (Å²) < 4.78 is 3.82. The number of nitrogens with one attached hydrogen (secondary N) is 1. The van der Waals surface area contributed by atoms with Crippen molar-refractivity contribution in [3.8, 4) is 17.1 Å². The first-order valence-electron chi connectivity index (χ1n) is 8.74. The number of hydrogen-bond acceptors (Lipinski definition) is 5. The molecule has 0 atom stereocenters. The van der Waals surface area contributed by atoms with Crippen LogP contribution in [-0.2, 0) is 0 Å². The topological polar surface area (TPSA) is 94.0 Å². The first kappa shape index (κ1) is 18.5. The molecule has 1 N–H and O–H groups in total. The molecule has 0 fully saturated rings. The lowest BCUT2D eigenvalue weighted by atomic mass is 10.1. The molecule has 0 amide bonds.